The predicted molar refractivity (Wildman–Crippen MR) is 40.3 cm³/mol. The standard InChI is InChI=1S/C7H8NS.W/c1-9-6-7-3-2-4-8-5-7;/h2-3,5H,6H2,1H3;/q-1;. The van der Waals surface area contributed by atoms with E-state index in [2.05, 4.69) is 17.4 Å². The van der Waals surface area contributed by atoms with Crippen LogP contribution in [0.2, 0.25) is 0 Å². The molecule has 1 aromatic heterocycles. The smallest absolute Gasteiger partial charge is 0 e. The third kappa shape index (κ3) is 3.38. The quantitative estimate of drug-likeness (QED) is 0.770. The zero-order valence-electron chi connectivity index (χ0n) is 5.70. The van der Waals surface area contributed by atoms with Gasteiger partial charge in [-0.25, -0.2) is 0 Å². The molecule has 0 saturated carbocycles. The summed E-state index contributed by atoms with van der Waals surface area (Å²) in [7, 11) is 0. The molecule has 1 rings (SSSR count). The minimum atomic E-state index is 0. The van der Waals surface area contributed by atoms with Gasteiger partial charge in [0.1, 0.15) is 0 Å². The van der Waals surface area contributed by atoms with Crippen molar-refractivity contribution < 1.29 is 21.1 Å². The number of pyridine rings is 1. The Morgan fingerprint density at radius 3 is 3.00 bits per heavy atom. The van der Waals surface area contributed by atoms with E-state index in [1.165, 1.54) is 5.56 Å². The molecule has 0 radical (unpaired) electrons. The van der Waals surface area contributed by atoms with E-state index in [1.54, 1.807) is 11.8 Å². The Morgan fingerprint density at radius 1 is 1.70 bits per heavy atom. The van der Waals surface area contributed by atoms with Crippen molar-refractivity contribution in [1.29, 1.82) is 0 Å². The van der Waals surface area contributed by atoms with Crippen LogP contribution in [0.3, 0.4) is 0 Å². The molecule has 1 nitrogen and oxygen atoms in total. The molecule has 0 atom stereocenters. The number of hydrogen-bond donors (Lipinski definition) is 0. The molecule has 1 heterocycles. The molecule has 0 spiro atoms. The summed E-state index contributed by atoms with van der Waals surface area (Å²) < 4.78 is 0. The Kier molecular flexibility index (Phi) is 6.05. The topological polar surface area (TPSA) is 12.9 Å². The molecular formula is C7H8NSW-. The van der Waals surface area contributed by atoms with Gasteiger partial charge in [0.15, 0.2) is 0 Å². The van der Waals surface area contributed by atoms with Crippen LogP contribution >= 0.6 is 11.8 Å². The van der Waals surface area contributed by atoms with Gasteiger partial charge in [0.05, 0.1) is 0 Å². The van der Waals surface area contributed by atoms with Crippen LogP contribution in [0.25, 0.3) is 0 Å². The maximum absolute atomic E-state index is 3.86. The van der Waals surface area contributed by atoms with Gasteiger partial charge in [0.2, 0.25) is 0 Å². The zero-order valence-corrected chi connectivity index (χ0v) is 9.45. The second-order valence-corrected chi connectivity index (χ2v) is 2.59. The largest absolute Gasteiger partial charge is 0.394 e. The van der Waals surface area contributed by atoms with Gasteiger partial charge in [-0.05, 0) is 12.0 Å². The van der Waals surface area contributed by atoms with Crippen LogP contribution in [0.1, 0.15) is 5.56 Å². The second kappa shape index (κ2) is 5.93. The van der Waals surface area contributed by atoms with Crippen molar-refractivity contribution in [3.63, 3.8) is 0 Å². The van der Waals surface area contributed by atoms with Crippen LogP contribution in [0.15, 0.2) is 18.3 Å². The van der Waals surface area contributed by atoms with Crippen LogP contribution in [0, 0.1) is 6.20 Å². The Morgan fingerprint density at radius 2 is 2.50 bits per heavy atom. The van der Waals surface area contributed by atoms with E-state index in [1.807, 2.05) is 18.3 Å². The van der Waals surface area contributed by atoms with Crippen molar-refractivity contribution in [3.05, 3.63) is 30.1 Å². The summed E-state index contributed by atoms with van der Waals surface area (Å²) in [6.07, 6.45) is 6.66. The summed E-state index contributed by atoms with van der Waals surface area (Å²) in [5.41, 5.74) is 1.27. The zero-order chi connectivity index (χ0) is 6.53. The van der Waals surface area contributed by atoms with Crippen LogP contribution in [0.4, 0.5) is 0 Å². The molecule has 0 bridgehead atoms. The molecule has 0 fully saturated rings. The third-order valence-corrected chi connectivity index (χ3v) is 1.61. The van der Waals surface area contributed by atoms with Crippen LogP contribution in [0.5, 0.6) is 0 Å². The summed E-state index contributed by atoms with van der Waals surface area (Å²) in [6, 6.07) is 3.87. The molecular weight excluding hydrogens is 314 g/mol. The van der Waals surface area contributed by atoms with Crippen molar-refractivity contribution in [3.8, 4) is 0 Å². The minimum absolute atomic E-state index is 0. The fourth-order valence-corrected chi connectivity index (χ4v) is 1.11. The van der Waals surface area contributed by atoms with Crippen LogP contribution in [-0.4, -0.2) is 11.2 Å². The Balaban J connectivity index is 0.000000810. The number of nitrogens with zero attached hydrogens (tertiary/aromatic N) is 1. The van der Waals surface area contributed by atoms with Gasteiger partial charge in [0, 0.05) is 21.1 Å². The molecule has 0 aromatic carbocycles. The number of thioether (sulfide) groups is 1. The van der Waals surface area contributed by atoms with E-state index in [0.29, 0.717) is 0 Å². The molecule has 0 saturated heterocycles. The number of hydrogen-bond acceptors (Lipinski definition) is 2. The molecule has 0 unspecified atom stereocenters. The number of aromatic nitrogens is 1. The van der Waals surface area contributed by atoms with Crippen molar-refractivity contribution in [1.82, 2.24) is 4.98 Å². The van der Waals surface area contributed by atoms with Gasteiger partial charge in [-0.2, -0.15) is 23.9 Å². The minimum Gasteiger partial charge on any atom is -0.394 e. The molecule has 0 aliphatic heterocycles. The van der Waals surface area contributed by atoms with Gasteiger partial charge in [0.25, 0.3) is 0 Å². The van der Waals surface area contributed by atoms with Gasteiger partial charge in [-0.15, -0.1) is 5.56 Å². The SMILES string of the molecule is CSCc1cc[c-]nc1.[W]. The molecule has 1 aromatic rings. The van der Waals surface area contributed by atoms with E-state index >= 15 is 0 Å². The maximum Gasteiger partial charge on any atom is 0 e. The first-order valence-electron chi connectivity index (χ1n) is 2.73. The van der Waals surface area contributed by atoms with E-state index in [-0.39, 0.29) is 21.1 Å². The third-order valence-electron chi connectivity index (χ3n) is 0.988. The average molecular weight is 322 g/mol. The van der Waals surface area contributed by atoms with Gasteiger partial charge in [-0.1, -0.05) is 12.4 Å². The van der Waals surface area contributed by atoms with Crippen LogP contribution < -0.4 is 0 Å². The molecule has 10 heavy (non-hydrogen) atoms. The van der Waals surface area contributed by atoms with E-state index in [0.717, 1.165) is 5.75 Å². The van der Waals surface area contributed by atoms with Crippen molar-refractivity contribution in [2.75, 3.05) is 6.26 Å². The summed E-state index contributed by atoms with van der Waals surface area (Å²) in [6.45, 7) is 0. The monoisotopic (exact) mass is 322 g/mol. The Bertz CT molecular complexity index is 167. The normalized spacial score (nSPS) is 8.50. The molecule has 54 valence electrons. The first-order valence-corrected chi connectivity index (χ1v) is 4.13. The predicted octanol–water partition coefficient (Wildman–Crippen LogP) is 1.74. The molecule has 3 heteroatoms. The van der Waals surface area contributed by atoms with Gasteiger partial charge >= 0.3 is 0 Å². The van der Waals surface area contributed by atoms with Crippen molar-refractivity contribution in [2.45, 2.75) is 5.75 Å². The molecule has 0 amide bonds. The molecule has 0 aliphatic carbocycles. The Labute approximate surface area is 79.9 Å². The fraction of sp³-hybridized carbons (Fsp3) is 0.286. The molecule has 0 aliphatic rings. The van der Waals surface area contributed by atoms with Crippen molar-refractivity contribution in [2.24, 2.45) is 0 Å². The van der Waals surface area contributed by atoms with Gasteiger partial charge < -0.3 is 4.98 Å². The molecule has 0 N–H and O–H groups in total. The Hall–Kier alpha value is 0.188. The second-order valence-electron chi connectivity index (χ2n) is 1.73. The summed E-state index contributed by atoms with van der Waals surface area (Å²) in [5.74, 6) is 1.04. The summed E-state index contributed by atoms with van der Waals surface area (Å²) in [4.78, 5) is 3.86. The first-order chi connectivity index (χ1) is 4.43. The van der Waals surface area contributed by atoms with E-state index in [4.69, 9.17) is 0 Å². The average Bonchev–Trinajstić information content (AvgIpc) is 1.91. The number of rotatable bonds is 2. The summed E-state index contributed by atoms with van der Waals surface area (Å²) >= 11 is 1.80. The van der Waals surface area contributed by atoms with E-state index < -0.39 is 0 Å². The fourth-order valence-electron chi connectivity index (χ4n) is 0.603. The van der Waals surface area contributed by atoms with Crippen molar-refractivity contribution >= 4 is 11.8 Å². The van der Waals surface area contributed by atoms with Crippen LogP contribution in [-0.2, 0) is 26.8 Å². The van der Waals surface area contributed by atoms with Gasteiger partial charge in [-0.3, -0.25) is 0 Å². The first kappa shape index (κ1) is 10.2. The maximum atomic E-state index is 3.86. The summed E-state index contributed by atoms with van der Waals surface area (Å²) in [5, 5.41) is 0. The van der Waals surface area contributed by atoms with E-state index in [9.17, 15) is 0 Å².